The molecule has 0 radical (unpaired) electrons. The number of H-pyrrole nitrogens is 1. The van der Waals surface area contributed by atoms with Crippen molar-refractivity contribution in [3.63, 3.8) is 0 Å². The Bertz CT molecular complexity index is 691. The van der Waals surface area contributed by atoms with Crippen molar-refractivity contribution in [2.24, 2.45) is 5.92 Å². The lowest BCUT2D eigenvalue weighted by atomic mass is 10.1. The Morgan fingerprint density at radius 2 is 1.96 bits per heavy atom. The number of para-hydroxylation sites is 1. The number of hydrogen-bond donors (Lipinski definition) is 2. The molecule has 0 atom stereocenters. The zero-order valence-corrected chi connectivity index (χ0v) is 14.8. The number of carbonyl (C=O) groups is 2. The summed E-state index contributed by atoms with van der Waals surface area (Å²) in [7, 11) is 0. The molecule has 0 saturated heterocycles. The van der Waals surface area contributed by atoms with Crippen LogP contribution in [0.5, 0.6) is 0 Å². The molecule has 1 aromatic heterocycles. The van der Waals surface area contributed by atoms with Crippen LogP contribution < -0.4 is 5.32 Å². The highest BCUT2D eigenvalue weighted by atomic mass is 16.2. The third-order valence-electron chi connectivity index (χ3n) is 4.07. The number of carbonyl (C=O) groups excluding carboxylic acids is 2. The van der Waals surface area contributed by atoms with E-state index < -0.39 is 0 Å². The van der Waals surface area contributed by atoms with Gasteiger partial charge in [0.05, 0.1) is 0 Å². The molecule has 0 aliphatic heterocycles. The van der Waals surface area contributed by atoms with Gasteiger partial charge in [-0.25, -0.2) is 0 Å². The van der Waals surface area contributed by atoms with E-state index in [1.54, 1.807) is 11.8 Å². The monoisotopic (exact) mass is 329 g/mol. The Kier molecular flexibility index (Phi) is 6.41. The maximum absolute atomic E-state index is 11.8. The first-order valence-corrected chi connectivity index (χ1v) is 8.54. The van der Waals surface area contributed by atoms with Crippen LogP contribution in [0.3, 0.4) is 0 Å². The van der Waals surface area contributed by atoms with E-state index in [4.69, 9.17) is 0 Å². The number of nitrogens with zero attached hydrogens (tertiary/aromatic N) is 1. The van der Waals surface area contributed by atoms with Crippen LogP contribution in [-0.2, 0) is 16.0 Å². The summed E-state index contributed by atoms with van der Waals surface area (Å²) < 4.78 is 0. The van der Waals surface area contributed by atoms with Gasteiger partial charge in [0.25, 0.3) is 0 Å². The molecule has 24 heavy (non-hydrogen) atoms. The van der Waals surface area contributed by atoms with Crippen LogP contribution in [0.2, 0.25) is 0 Å². The molecule has 0 bridgehead atoms. The fourth-order valence-corrected chi connectivity index (χ4v) is 2.79. The summed E-state index contributed by atoms with van der Waals surface area (Å²) in [6.07, 6.45) is 3.33. The first kappa shape index (κ1) is 18.0. The molecular weight excluding hydrogens is 302 g/mol. The van der Waals surface area contributed by atoms with Gasteiger partial charge in [0.2, 0.25) is 11.8 Å². The summed E-state index contributed by atoms with van der Waals surface area (Å²) >= 11 is 0. The van der Waals surface area contributed by atoms with Crippen LogP contribution in [0.15, 0.2) is 30.5 Å². The number of rotatable bonds is 8. The average Bonchev–Trinajstić information content (AvgIpc) is 2.93. The molecule has 5 nitrogen and oxygen atoms in total. The Balaban J connectivity index is 1.85. The minimum Gasteiger partial charge on any atom is -0.361 e. The van der Waals surface area contributed by atoms with Gasteiger partial charge in [0.1, 0.15) is 0 Å². The van der Waals surface area contributed by atoms with E-state index in [1.807, 2.05) is 38.2 Å². The molecular formula is C19H27N3O2. The van der Waals surface area contributed by atoms with Gasteiger partial charge in [0.15, 0.2) is 0 Å². The number of nitrogens with one attached hydrogen (secondary N) is 2. The van der Waals surface area contributed by atoms with Crippen LogP contribution in [0.4, 0.5) is 0 Å². The van der Waals surface area contributed by atoms with Gasteiger partial charge in [0, 0.05) is 50.1 Å². The highest BCUT2D eigenvalue weighted by Crippen LogP contribution is 2.18. The first-order chi connectivity index (χ1) is 11.5. The standard InChI is InChI=1S/C19H27N3O2/c1-14(2)12-19(24)20-9-11-22(15(3)23)10-8-16-13-21-18-7-5-4-6-17(16)18/h4-7,13-14,21H,8-12H2,1-3H3,(H,20,24). The lowest BCUT2D eigenvalue weighted by molar-refractivity contribution is -0.129. The van der Waals surface area contributed by atoms with Crippen LogP contribution in [0, 0.1) is 5.92 Å². The van der Waals surface area contributed by atoms with Crippen LogP contribution in [0.1, 0.15) is 32.8 Å². The highest BCUT2D eigenvalue weighted by molar-refractivity contribution is 5.83. The molecule has 0 aliphatic rings. The van der Waals surface area contributed by atoms with E-state index in [2.05, 4.69) is 16.4 Å². The molecule has 2 amide bonds. The van der Waals surface area contributed by atoms with E-state index in [1.165, 1.54) is 10.9 Å². The van der Waals surface area contributed by atoms with Crippen molar-refractivity contribution < 1.29 is 9.59 Å². The summed E-state index contributed by atoms with van der Waals surface area (Å²) in [5, 5.41) is 4.08. The highest BCUT2D eigenvalue weighted by Gasteiger charge is 2.11. The second kappa shape index (κ2) is 8.52. The Hall–Kier alpha value is -2.30. The molecule has 0 saturated carbocycles. The molecule has 0 fully saturated rings. The fourth-order valence-electron chi connectivity index (χ4n) is 2.79. The molecule has 2 rings (SSSR count). The minimum atomic E-state index is 0.0351. The number of aromatic amines is 1. The first-order valence-electron chi connectivity index (χ1n) is 8.54. The van der Waals surface area contributed by atoms with E-state index >= 15 is 0 Å². The van der Waals surface area contributed by atoms with Gasteiger partial charge >= 0.3 is 0 Å². The van der Waals surface area contributed by atoms with Crippen LogP contribution in [-0.4, -0.2) is 41.3 Å². The normalized spacial score (nSPS) is 11.0. The zero-order chi connectivity index (χ0) is 17.5. The number of fused-ring (bicyclic) bond motifs is 1. The van der Waals surface area contributed by atoms with Gasteiger partial charge in [-0.05, 0) is 24.0 Å². The summed E-state index contributed by atoms with van der Waals surface area (Å²) in [5.41, 5.74) is 2.32. The number of benzene rings is 1. The van der Waals surface area contributed by atoms with Gasteiger partial charge in [-0.2, -0.15) is 0 Å². The lowest BCUT2D eigenvalue weighted by Crippen LogP contribution is -2.38. The molecule has 1 heterocycles. The third kappa shape index (κ3) is 5.11. The molecule has 2 N–H and O–H groups in total. The molecule has 0 spiro atoms. The van der Waals surface area contributed by atoms with Crippen molar-refractivity contribution in [1.82, 2.24) is 15.2 Å². The van der Waals surface area contributed by atoms with Crippen molar-refractivity contribution in [3.8, 4) is 0 Å². The molecule has 0 aliphatic carbocycles. The average molecular weight is 329 g/mol. The molecule has 1 aromatic carbocycles. The smallest absolute Gasteiger partial charge is 0.220 e. The topological polar surface area (TPSA) is 65.2 Å². The predicted molar refractivity (Wildman–Crippen MR) is 96.7 cm³/mol. The Labute approximate surface area is 143 Å². The van der Waals surface area contributed by atoms with E-state index in [9.17, 15) is 9.59 Å². The predicted octanol–water partition coefficient (Wildman–Crippen LogP) is 2.72. The quantitative estimate of drug-likeness (QED) is 0.782. The summed E-state index contributed by atoms with van der Waals surface area (Å²) in [6.45, 7) is 7.30. The van der Waals surface area contributed by atoms with Crippen LogP contribution >= 0.6 is 0 Å². The largest absolute Gasteiger partial charge is 0.361 e. The van der Waals surface area contributed by atoms with Gasteiger partial charge < -0.3 is 15.2 Å². The summed E-state index contributed by atoms with van der Waals surface area (Å²) in [5.74, 6) is 0.425. The van der Waals surface area contributed by atoms with Crippen molar-refractivity contribution in [1.29, 1.82) is 0 Å². The van der Waals surface area contributed by atoms with Gasteiger partial charge in [-0.15, -0.1) is 0 Å². The van der Waals surface area contributed by atoms with Crippen LogP contribution in [0.25, 0.3) is 10.9 Å². The summed E-state index contributed by atoms with van der Waals surface area (Å²) in [6, 6.07) is 8.16. The zero-order valence-electron chi connectivity index (χ0n) is 14.8. The maximum Gasteiger partial charge on any atom is 0.220 e. The van der Waals surface area contributed by atoms with E-state index in [-0.39, 0.29) is 11.8 Å². The maximum atomic E-state index is 11.8. The van der Waals surface area contributed by atoms with Crippen molar-refractivity contribution in [2.45, 2.75) is 33.6 Å². The fraction of sp³-hybridized carbons (Fsp3) is 0.474. The third-order valence-corrected chi connectivity index (χ3v) is 4.07. The molecule has 5 heteroatoms. The van der Waals surface area contributed by atoms with E-state index in [0.717, 1.165) is 11.9 Å². The SMILES string of the molecule is CC(=O)N(CCNC(=O)CC(C)C)CCc1c[nH]c2ccccc12. The second-order valence-electron chi connectivity index (χ2n) is 6.56. The summed E-state index contributed by atoms with van der Waals surface area (Å²) in [4.78, 5) is 28.5. The van der Waals surface area contributed by atoms with Gasteiger partial charge in [-0.3, -0.25) is 9.59 Å². The molecule has 0 unspecified atom stereocenters. The van der Waals surface area contributed by atoms with Crippen molar-refractivity contribution in [3.05, 3.63) is 36.0 Å². The second-order valence-corrected chi connectivity index (χ2v) is 6.56. The van der Waals surface area contributed by atoms with Crippen molar-refractivity contribution in [2.75, 3.05) is 19.6 Å². The van der Waals surface area contributed by atoms with Crippen molar-refractivity contribution >= 4 is 22.7 Å². The Morgan fingerprint density at radius 3 is 2.67 bits per heavy atom. The Morgan fingerprint density at radius 1 is 1.21 bits per heavy atom. The molecule has 2 aromatic rings. The molecule has 130 valence electrons. The number of aromatic nitrogens is 1. The lowest BCUT2D eigenvalue weighted by Gasteiger charge is -2.21. The van der Waals surface area contributed by atoms with E-state index in [0.29, 0.717) is 32.0 Å². The minimum absolute atomic E-state index is 0.0351. The number of amides is 2. The van der Waals surface area contributed by atoms with Gasteiger partial charge in [-0.1, -0.05) is 32.0 Å². The number of hydrogen-bond acceptors (Lipinski definition) is 2.